The molecule has 0 aromatic heterocycles. The van der Waals surface area contributed by atoms with Crippen molar-refractivity contribution in [2.24, 2.45) is 0 Å². The van der Waals surface area contributed by atoms with Crippen LogP contribution in [0.5, 0.6) is 11.5 Å². The van der Waals surface area contributed by atoms with Crippen LogP contribution in [0, 0.1) is 0 Å². The van der Waals surface area contributed by atoms with Crippen LogP contribution in [-0.4, -0.2) is 44.0 Å². The molecule has 1 aromatic carbocycles. The number of carbonyl (C=O) groups is 1. The minimum absolute atomic E-state index is 0.203. The maximum absolute atomic E-state index is 12.1. The molecule has 1 heterocycles. The highest BCUT2D eigenvalue weighted by Crippen LogP contribution is 2.37. The molecule has 0 atom stereocenters. The third-order valence-electron chi connectivity index (χ3n) is 3.73. The number of benzene rings is 1. The lowest BCUT2D eigenvalue weighted by atomic mass is 10.00. The van der Waals surface area contributed by atoms with Gasteiger partial charge in [0, 0.05) is 25.1 Å². The second kappa shape index (κ2) is 7.65. The lowest BCUT2D eigenvalue weighted by Crippen LogP contribution is -2.35. The van der Waals surface area contributed by atoms with E-state index >= 15 is 0 Å². The molecule has 0 bridgehead atoms. The van der Waals surface area contributed by atoms with Crippen LogP contribution in [0.25, 0.3) is 6.08 Å². The highest BCUT2D eigenvalue weighted by Gasteiger charge is 2.20. The Morgan fingerprint density at radius 2 is 2.14 bits per heavy atom. The molecule has 1 fully saturated rings. The van der Waals surface area contributed by atoms with Crippen molar-refractivity contribution in [1.82, 2.24) is 4.90 Å². The fourth-order valence-corrected chi connectivity index (χ4v) is 2.85. The molecule has 0 radical (unpaired) electrons. The number of likely N-dealkylation sites (N-methyl/N-ethyl adjacent to an activating group) is 1. The second-order valence-corrected chi connectivity index (χ2v) is 5.59. The van der Waals surface area contributed by atoms with Crippen molar-refractivity contribution >= 4 is 23.5 Å². The van der Waals surface area contributed by atoms with E-state index in [9.17, 15) is 4.79 Å². The van der Waals surface area contributed by atoms with Gasteiger partial charge in [-0.3, -0.25) is 9.69 Å². The summed E-state index contributed by atoms with van der Waals surface area (Å²) in [5, 5.41) is 0.482. The van der Waals surface area contributed by atoms with Crippen LogP contribution in [0.2, 0.25) is 5.02 Å². The summed E-state index contributed by atoms with van der Waals surface area (Å²) in [5.41, 5.74) is 1.67. The van der Waals surface area contributed by atoms with Gasteiger partial charge in [0.1, 0.15) is 0 Å². The molecule has 0 unspecified atom stereocenters. The molecule has 0 spiro atoms. The Labute approximate surface area is 136 Å². The number of methoxy groups -OCH3 is 1. The van der Waals surface area contributed by atoms with E-state index in [2.05, 4.69) is 11.8 Å². The highest BCUT2D eigenvalue weighted by atomic mass is 35.5. The molecular formula is C17H22ClNO3. The van der Waals surface area contributed by atoms with Crippen molar-refractivity contribution in [3.63, 3.8) is 0 Å². The van der Waals surface area contributed by atoms with E-state index in [1.807, 2.05) is 19.1 Å². The predicted octanol–water partition coefficient (Wildman–Crippen LogP) is 3.43. The van der Waals surface area contributed by atoms with Gasteiger partial charge >= 0.3 is 0 Å². The van der Waals surface area contributed by atoms with Gasteiger partial charge in [0.25, 0.3) is 0 Å². The lowest BCUT2D eigenvalue weighted by molar-refractivity contribution is -0.117. The van der Waals surface area contributed by atoms with Gasteiger partial charge in [-0.2, -0.15) is 0 Å². The molecule has 4 nitrogen and oxygen atoms in total. The number of piperidine rings is 1. The van der Waals surface area contributed by atoms with Crippen LogP contribution < -0.4 is 9.47 Å². The number of likely N-dealkylation sites (tertiary alicyclic amines) is 1. The van der Waals surface area contributed by atoms with E-state index in [4.69, 9.17) is 21.1 Å². The zero-order valence-electron chi connectivity index (χ0n) is 13.3. The molecule has 2 rings (SSSR count). The molecule has 1 saturated heterocycles. The number of hydrogen-bond acceptors (Lipinski definition) is 4. The number of hydrogen-bond donors (Lipinski definition) is 0. The Morgan fingerprint density at radius 1 is 1.36 bits per heavy atom. The summed E-state index contributed by atoms with van der Waals surface area (Å²) in [5.74, 6) is 1.32. The van der Waals surface area contributed by atoms with Crippen molar-refractivity contribution < 1.29 is 14.3 Å². The van der Waals surface area contributed by atoms with Gasteiger partial charge in [0.05, 0.1) is 18.7 Å². The lowest BCUT2D eigenvalue weighted by Gasteiger charge is -2.26. The Morgan fingerprint density at radius 3 is 2.77 bits per heavy atom. The standard InChI is InChI=1S/C17H22ClNO3/c1-4-19-7-6-15(20)13(11-19)8-12-9-14(18)17(21-3)16(10-12)22-5-2/h8-10H,4-7,11H2,1-3H3/b13-8+. The number of halogens is 1. The summed E-state index contributed by atoms with van der Waals surface area (Å²) in [4.78, 5) is 14.3. The minimum atomic E-state index is 0.203. The van der Waals surface area contributed by atoms with Crippen molar-refractivity contribution in [1.29, 1.82) is 0 Å². The van der Waals surface area contributed by atoms with E-state index in [0.717, 1.165) is 24.2 Å². The van der Waals surface area contributed by atoms with Crippen molar-refractivity contribution in [3.8, 4) is 11.5 Å². The van der Waals surface area contributed by atoms with Crippen molar-refractivity contribution in [2.45, 2.75) is 20.3 Å². The topological polar surface area (TPSA) is 38.8 Å². The molecular weight excluding hydrogens is 302 g/mol. The van der Waals surface area contributed by atoms with E-state index in [1.165, 1.54) is 0 Å². The SMILES string of the molecule is CCOc1cc(/C=C2\CN(CC)CCC2=O)cc(Cl)c1OC. The van der Waals surface area contributed by atoms with Crippen LogP contribution in [0.15, 0.2) is 17.7 Å². The van der Waals surface area contributed by atoms with E-state index < -0.39 is 0 Å². The zero-order valence-corrected chi connectivity index (χ0v) is 14.1. The number of Topliss-reactive ketones (excluding diaryl/α,β-unsaturated/α-hetero) is 1. The first-order valence-electron chi connectivity index (χ1n) is 7.55. The third kappa shape index (κ3) is 3.81. The molecule has 1 aliphatic heterocycles. The molecule has 1 aliphatic rings. The van der Waals surface area contributed by atoms with Crippen LogP contribution >= 0.6 is 11.6 Å². The fraction of sp³-hybridized carbons (Fsp3) is 0.471. The first-order chi connectivity index (χ1) is 10.6. The molecule has 0 aliphatic carbocycles. The van der Waals surface area contributed by atoms with Crippen molar-refractivity contribution in [2.75, 3.05) is 33.4 Å². The Bertz CT molecular complexity index is 584. The maximum atomic E-state index is 12.1. The summed E-state index contributed by atoms with van der Waals surface area (Å²) in [6.07, 6.45) is 2.47. The van der Waals surface area contributed by atoms with Crippen LogP contribution in [0.3, 0.4) is 0 Å². The Balaban J connectivity index is 2.35. The summed E-state index contributed by atoms with van der Waals surface area (Å²) >= 11 is 6.25. The van der Waals surface area contributed by atoms with Gasteiger partial charge in [-0.05, 0) is 37.2 Å². The molecule has 0 amide bonds. The summed E-state index contributed by atoms with van der Waals surface area (Å²) in [6, 6.07) is 3.66. The molecule has 22 heavy (non-hydrogen) atoms. The van der Waals surface area contributed by atoms with E-state index in [1.54, 1.807) is 13.2 Å². The first-order valence-corrected chi connectivity index (χ1v) is 7.93. The third-order valence-corrected chi connectivity index (χ3v) is 4.01. The number of ether oxygens (including phenoxy) is 2. The van der Waals surface area contributed by atoms with E-state index in [0.29, 0.717) is 36.1 Å². The van der Waals surface area contributed by atoms with Gasteiger partial charge in [0.2, 0.25) is 0 Å². The fourth-order valence-electron chi connectivity index (χ4n) is 2.56. The predicted molar refractivity (Wildman–Crippen MR) is 88.9 cm³/mol. The van der Waals surface area contributed by atoms with Crippen LogP contribution in [0.4, 0.5) is 0 Å². The quantitative estimate of drug-likeness (QED) is 0.778. The number of ketones is 1. The van der Waals surface area contributed by atoms with Crippen LogP contribution in [0.1, 0.15) is 25.8 Å². The average Bonchev–Trinajstić information content (AvgIpc) is 2.50. The smallest absolute Gasteiger partial charge is 0.179 e. The van der Waals surface area contributed by atoms with Gasteiger partial charge < -0.3 is 9.47 Å². The number of rotatable bonds is 5. The minimum Gasteiger partial charge on any atom is -0.491 e. The van der Waals surface area contributed by atoms with Gasteiger partial charge in [-0.1, -0.05) is 18.5 Å². The molecule has 0 saturated carbocycles. The summed E-state index contributed by atoms with van der Waals surface area (Å²) in [6.45, 7) is 6.99. The van der Waals surface area contributed by atoms with Crippen molar-refractivity contribution in [3.05, 3.63) is 28.3 Å². The maximum Gasteiger partial charge on any atom is 0.179 e. The van der Waals surface area contributed by atoms with Gasteiger partial charge in [0.15, 0.2) is 17.3 Å². The Hall–Kier alpha value is -1.52. The van der Waals surface area contributed by atoms with E-state index in [-0.39, 0.29) is 5.78 Å². The monoisotopic (exact) mass is 323 g/mol. The zero-order chi connectivity index (χ0) is 16.1. The summed E-state index contributed by atoms with van der Waals surface area (Å²) < 4.78 is 10.9. The molecule has 1 aromatic rings. The molecule has 5 heteroatoms. The summed E-state index contributed by atoms with van der Waals surface area (Å²) in [7, 11) is 1.56. The normalized spacial score (nSPS) is 17.8. The molecule has 0 N–H and O–H groups in total. The largest absolute Gasteiger partial charge is 0.491 e. The average molecular weight is 324 g/mol. The van der Waals surface area contributed by atoms with Crippen LogP contribution in [-0.2, 0) is 4.79 Å². The van der Waals surface area contributed by atoms with Gasteiger partial charge in [-0.15, -0.1) is 0 Å². The highest BCUT2D eigenvalue weighted by molar-refractivity contribution is 6.32. The number of nitrogens with zero attached hydrogens (tertiary/aromatic N) is 1. The molecule has 120 valence electrons. The second-order valence-electron chi connectivity index (χ2n) is 5.18. The van der Waals surface area contributed by atoms with Gasteiger partial charge in [-0.25, -0.2) is 0 Å². The Kier molecular flexibility index (Phi) is 5.86. The number of carbonyl (C=O) groups excluding carboxylic acids is 1. The first kappa shape index (κ1) is 16.8.